The van der Waals surface area contributed by atoms with Crippen molar-refractivity contribution in [1.29, 1.82) is 0 Å². The Morgan fingerprint density at radius 1 is 0.537 bits per heavy atom. The number of hydrogen-bond donors (Lipinski definition) is 1. The van der Waals surface area contributed by atoms with E-state index in [2.05, 4.69) is 38.2 Å². The zero-order chi connectivity index (χ0) is 30.1. The lowest BCUT2D eigenvalue weighted by Crippen LogP contribution is -2.16. The first-order valence-corrected chi connectivity index (χ1v) is 17.8. The van der Waals surface area contributed by atoms with Crippen LogP contribution in [0.3, 0.4) is 0 Å². The van der Waals surface area contributed by atoms with Crippen LogP contribution < -0.4 is 0 Å². The van der Waals surface area contributed by atoms with Gasteiger partial charge >= 0.3 is 11.9 Å². The molecule has 0 aliphatic heterocycles. The van der Waals surface area contributed by atoms with E-state index in [1.807, 2.05) is 0 Å². The lowest BCUT2D eigenvalue weighted by Gasteiger charge is -2.15. The molecule has 0 aromatic carbocycles. The molecule has 0 heterocycles. The molecule has 0 saturated carbocycles. The van der Waals surface area contributed by atoms with Crippen LogP contribution in [0.25, 0.3) is 0 Å². The molecule has 0 amide bonds. The number of hydrogen-bond acceptors (Lipinski definition) is 3. The first-order chi connectivity index (χ1) is 20.1. The van der Waals surface area contributed by atoms with Crippen molar-refractivity contribution >= 4 is 11.9 Å². The number of carboxylic acids is 1. The summed E-state index contributed by atoms with van der Waals surface area (Å²) in [5, 5.41) is 8.78. The fourth-order valence-corrected chi connectivity index (χ4v) is 5.20. The van der Waals surface area contributed by atoms with Crippen LogP contribution in [0, 0.1) is 0 Å². The van der Waals surface area contributed by atoms with Crippen molar-refractivity contribution in [3.05, 3.63) is 24.3 Å². The van der Waals surface area contributed by atoms with Gasteiger partial charge in [-0.25, -0.2) is 0 Å². The SMILES string of the molecule is CCCCCC/C=C\C(CCCCCCC(=O)O)OC(=O)CCCCCCCCC/C=C\CCCCCCCCC. The molecular formula is C37H68O4. The van der Waals surface area contributed by atoms with Gasteiger partial charge in [0.15, 0.2) is 0 Å². The molecule has 0 aliphatic carbocycles. The van der Waals surface area contributed by atoms with Crippen molar-refractivity contribution in [1.82, 2.24) is 0 Å². The van der Waals surface area contributed by atoms with Crippen molar-refractivity contribution in [2.24, 2.45) is 0 Å². The summed E-state index contributed by atoms with van der Waals surface area (Å²) < 4.78 is 5.83. The van der Waals surface area contributed by atoms with Gasteiger partial charge < -0.3 is 9.84 Å². The highest BCUT2D eigenvalue weighted by Gasteiger charge is 2.11. The van der Waals surface area contributed by atoms with E-state index in [1.54, 1.807) is 0 Å². The number of allylic oxidation sites excluding steroid dienone is 3. The Hall–Kier alpha value is -1.58. The molecule has 0 saturated heterocycles. The zero-order valence-corrected chi connectivity index (χ0v) is 27.4. The first-order valence-electron chi connectivity index (χ1n) is 17.8. The van der Waals surface area contributed by atoms with Gasteiger partial charge in [-0.05, 0) is 70.3 Å². The molecular weight excluding hydrogens is 508 g/mol. The van der Waals surface area contributed by atoms with E-state index in [0.29, 0.717) is 6.42 Å². The summed E-state index contributed by atoms with van der Waals surface area (Å²) in [5.41, 5.74) is 0. The summed E-state index contributed by atoms with van der Waals surface area (Å²) in [6.07, 6.45) is 40.7. The third-order valence-corrected chi connectivity index (χ3v) is 7.88. The summed E-state index contributed by atoms with van der Waals surface area (Å²) in [4.78, 5) is 23.2. The summed E-state index contributed by atoms with van der Waals surface area (Å²) in [6, 6.07) is 0. The van der Waals surface area contributed by atoms with E-state index >= 15 is 0 Å². The van der Waals surface area contributed by atoms with Gasteiger partial charge in [-0.2, -0.15) is 0 Å². The van der Waals surface area contributed by atoms with Crippen LogP contribution in [-0.2, 0) is 14.3 Å². The van der Waals surface area contributed by atoms with Gasteiger partial charge in [0.05, 0.1) is 0 Å². The Bertz CT molecular complexity index is 624. The molecule has 1 unspecified atom stereocenters. The van der Waals surface area contributed by atoms with Gasteiger partial charge in [0.25, 0.3) is 0 Å². The number of esters is 1. The molecule has 1 atom stereocenters. The Labute approximate surface area is 255 Å². The fraction of sp³-hybridized carbons (Fsp3) is 0.838. The van der Waals surface area contributed by atoms with Crippen LogP contribution >= 0.6 is 0 Å². The Morgan fingerprint density at radius 2 is 0.951 bits per heavy atom. The molecule has 0 radical (unpaired) electrons. The monoisotopic (exact) mass is 577 g/mol. The molecule has 4 heteroatoms. The number of aliphatic carboxylic acids is 1. The highest BCUT2D eigenvalue weighted by molar-refractivity contribution is 5.69. The van der Waals surface area contributed by atoms with Crippen LogP contribution in [0.1, 0.15) is 194 Å². The molecule has 4 nitrogen and oxygen atoms in total. The predicted octanol–water partition coefficient (Wildman–Crippen LogP) is 12.1. The summed E-state index contributed by atoms with van der Waals surface area (Å²) >= 11 is 0. The second kappa shape index (κ2) is 32.9. The van der Waals surface area contributed by atoms with E-state index in [9.17, 15) is 9.59 Å². The second-order valence-electron chi connectivity index (χ2n) is 12.0. The number of unbranched alkanes of at least 4 members (excludes halogenated alkanes) is 21. The summed E-state index contributed by atoms with van der Waals surface area (Å²) in [6.45, 7) is 4.50. The van der Waals surface area contributed by atoms with Crippen LogP contribution in [0.5, 0.6) is 0 Å². The maximum absolute atomic E-state index is 12.5. The van der Waals surface area contributed by atoms with Gasteiger partial charge in [0.2, 0.25) is 0 Å². The van der Waals surface area contributed by atoms with Crippen molar-refractivity contribution in [3.63, 3.8) is 0 Å². The van der Waals surface area contributed by atoms with E-state index in [-0.39, 0.29) is 18.5 Å². The van der Waals surface area contributed by atoms with E-state index in [4.69, 9.17) is 9.84 Å². The molecule has 0 fully saturated rings. The van der Waals surface area contributed by atoms with E-state index in [1.165, 1.54) is 116 Å². The zero-order valence-electron chi connectivity index (χ0n) is 27.4. The van der Waals surface area contributed by atoms with Crippen LogP contribution in [0.15, 0.2) is 24.3 Å². The largest absolute Gasteiger partial charge is 0.481 e. The van der Waals surface area contributed by atoms with Gasteiger partial charge in [-0.1, -0.05) is 135 Å². The quantitative estimate of drug-likeness (QED) is 0.0491. The van der Waals surface area contributed by atoms with Crippen LogP contribution in [0.4, 0.5) is 0 Å². The Balaban J connectivity index is 3.86. The van der Waals surface area contributed by atoms with Crippen LogP contribution in [0.2, 0.25) is 0 Å². The van der Waals surface area contributed by atoms with Crippen molar-refractivity contribution in [2.45, 2.75) is 200 Å². The van der Waals surface area contributed by atoms with E-state index in [0.717, 1.165) is 51.4 Å². The van der Waals surface area contributed by atoms with Gasteiger partial charge in [-0.3, -0.25) is 9.59 Å². The Kier molecular flexibility index (Phi) is 31.7. The molecule has 0 rings (SSSR count). The average molecular weight is 577 g/mol. The summed E-state index contributed by atoms with van der Waals surface area (Å²) in [5.74, 6) is -0.792. The highest BCUT2D eigenvalue weighted by atomic mass is 16.5. The molecule has 240 valence electrons. The molecule has 0 aliphatic rings. The third kappa shape index (κ3) is 32.8. The maximum atomic E-state index is 12.5. The van der Waals surface area contributed by atoms with Gasteiger partial charge in [0.1, 0.15) is 6.10 Å². The molecule has 41 heavy (non-hydrogen) atoms. The lowest BCUT2D eigenvalue weighted by atomic mass is 10.1. The van der Waals surface area contributed by atoms with Crippen molar-refractivity contribution in [3.8, 4) is 0 Å². The topological polar surface area (TPSA) is 63.6 Å². The normalized spacial score (nSPS) is 12.4. The fourth-order valence-electron chi connectivity index (χ4n) is 5.20. The molecule has 1 N–H and O–H groups in total. The standard InChI is InChI=1S/C37H68O4/c1-3-5-7-9-11-12-13-14-15-16-17-18-19-20-21-22-24-30-34-37(40)41-35(31-27-23-10-8-6-4-2)32-28-25-26-29-33-36(38)39/h15-16,27,31,35H,3-14,17-26,28-30,32-34H2,1-2H3,(H,38,39)/b16-15-,31-27-. The number of carbonyl (C=O) groups is 2. The Morgan fingerprint density at radius 3 is 1.49 bits per heavy atom. The number of rotatable bonds is 32. The molecule has 0 spiro atoms. The van der Waals surface area contributed by atoms with Gasteiger partial charge in [-0.15, -0.1) is 0 Å². The average Bonchev–Trinajstić information content (AvgIpc) is 2.95. The minimum atomic E-state index is -0.722. The predicted molar refractivity (Wildman–Crippen MR) is 176 cm³/mol. The van der Waals surface area contributed by atoms with Gasteiger partial charge in [0, 0.05) is 12.8 Å². The molecule has 0 aromatic rings. The maximum Gasteiger partial charge on any atom is 0.306 e. The van der Waals surface area contributed by atoms with Crippen LogP contribution in [-0.4, -0.2) is 23.1 Å². The minimum Gasteiger partial charge on any atom is -0.481 e. The number of ether oxygens (including phenoxy) is 1. The number of carbonyl (C=O) groups excluding carboxylic acids is 1. The summed E-state index contributed by atoms with van der Waals surface area (Å²) in [7, 11) is 0. The lowest BCUT2D eigenvalue weighted by molar-refractivity contribution is -0.147. The smallest absolute Gasteiger partial charge is 0.306 e. The highest BCUT2D eigenvalue weighted by Crippen LogP contribution is 2.15. The molecule has 0 bridgehead atoms. The minimum absolute atomic E-state index is 0.0696. The van der Waals surface area contributed by atoms with Crippen molar-refractivity contribution < 1.29 is 19.4 Å². The molecule has 0 aromatic heterocycles. The van der Waals surface area contributed by atoms with E-state index < -0.39 is 5.97 Å². The first kappa shape index (κ1) is 39.4. The number of carboxylic acid groups (broad SMARTS) is 1. The third-order valence-electron chi connectivity index (χ3n) is 7.88. The van der Waals surface area contributed by atoms with Crippen molar-refractivity contribution in [2.75, 3.05) is 0 Å². The second-order valence-corrected chi connectivity index (χ2v) is 12.0.